The second kappa shape index (κ2) is 4.80. The summed E-state index contributed by atoms with van der Waals surface area (Å²) in [6, 6.07) is -0.293. The van der Waals surface area contributed by atoms with E-state index < -0.39 is 18.0 Å². The molecule has 1 fully saturated rings. The molecule has 9 heteroatoms. The molecule has 0 bridgehead atoms. The Morgan fingerprint density at radius 2 is 2.30 bits per heavy atom. The number of aliphatic carboxylic acids is 1. The lowest BCUT2D eigenvalue weighted by atomic mass is 9.83. The van der Waals surface area contributed by atoms with Crippen molar-refractivity contribution in [2.75, 3.05) is 0 Å². The van der Waals surface area contributed by atoms with Gasteiger partial charge in [0.1, 0.15) is 16.9 Å². The Hall–Kier alpha value is -1.90. The van der Waals surface area contributed by atoms with Crippen molar-refractivity contribution in [3.8, 4) is 0 Å². The number of amides is 1. The molecule has 1 amide bonds. The lowest BCUT2D eigenvalue weighted by Gasteiger charge is -2.44. The molecule has 2 aliphatic rings. The van der Waals surface area contributed by atoms with Gasteiger partial charge in [-0.3, -0.25) is 9.20 Å². The monoisotopic (exact) mass is 353 g/mol. The first-order valence-corrected chi connectivity index (χ1v) is 8.19. The number of carbonyl (C=O) groups is 2. The summed E-state index contributed by atoms with van der Waals surface area (Å²) < 4.78 is 1.73. The van der Waals surface area contributed by atoms with Gasteiger partial charge < -0.3 is 15.1 Å². The molecule has 0 aromatic carbocycles. The summed E-state index contributed by atoms with van der Waals surface area (Å²) in [4.78, 5) is 30.6. The third-order valence-corrected chi connectivity index (χ3v) is 5.96. The van der Waals surface area contributed by atoms with Crippen molar-refractivity contribution >= 4 is 45.2 Å². The van der Waals surface area contributed by atoms with Crippen LogP contribution in [0, 0.1) is 5.92 Å². The summed E-state index contributed by atoms with van der Waals surface area (Å²) in [5.74, 6) is -2.01. The van der Waals surface area contributed by atoms with E-state index in [0.717, 1.165) is 9.71 Å². The van der Waals surface area contributed by atoms with E-state index in [9.17, 15) is 19.8 Å². The highest BCUT2D eigenvalue weighted by molar-refractivity contribution is 7.19. The third kappa shape index (κ3) is 1.89. The number of carboxylic acids is 1. The van der Waals surface area contributed by atoms with Gasteiger partial charge in [0.15, 0.2) is 5.15 Å². The van der Waals surface area contributed by atoms with Gasteiger partial charge in [-0.25, -0.2) is 9.78 Å². The summed E-state index contributed by atoms with van der Waals surface area (Å²) in [6.07, 6.45) is 2.95. The van der Waals surface area contributed by atoms with Gasteiger partial charge in [-0.2, -0.15) is 0 Å². The van der Waals surface area contributed by atoms with Crippen LogP contribution < -0.4 is 0 Å². The topological polar surface area (TPSA) is 95.1 Å². The minimum Gasteiger partial charge on any atom is -0.477 e. The average Bonchev–Trinajstić information content (AvgIpc) is 3.10. The first kappa shape index (κ1) is 14.7. The normalized spacial score (nSPS) is 25.0. The van der Waals surface area contributed by atoms with E-state index in [0.29, 0.717) is 17.1 Å². The summed E-state index contributed by atoms with van der Waals surface area (Å²) in [6.45, 7) is 1.55. The van der Waals surface area contributed by atoms with E-state index in [1.54, 1.807) is 23.8 Å². The lowest BCUT2D eigenvalue weighted by molar-refractivity contribution is -0.161. The number of rotatable bonds is 3. The maximum atomic E-state index is 12.2. The molecule has 23 heavy (non-hydrogen) atoms. The van der Waals surface area contributed by atoms with E-state index >= 15 is 0 Å². The van der Waals surface area contributed by atoms with Crippen molar-refractivity contribution in [1.82, 2.24) is 14.3 Å². The van der Waals surface area contributed by atoms with E-state index in [4.69, 9.17) is 11.6 Å². The van der Waals surface area contributed by atoms with Gasteiger partial charge in [0.25, 0.3) is 0 Å². The van der Waals surface area contributed by atoms with Crippen molar-refractivity contribution in [2.45, 2.75) is 25.5 Å². The number of carbonyl (C=O) groups excluding carboxylic acids is 1. The van der Waals surface area contributed by atoms with Crippen LogP contribution in [0.4, 0.5) is 0 Å². The van der Waals surface area contributed by atoms with Gasteiger partial charge in [-0.15, -0.1) is 11.3 Å². The smallest absolute Gasteiger partial charge is 0.352 e. The number of nitrogens with zero attached hydrogens (tertiary/aromatic N) is 3. The Bertz CT molecular complexity index is 884. The highest BCUT2D eigenvalue weighted by atomic mass is 35.5. The lowest BCUT2D eigenvalue weighted by Crippen LogP contribution is -2.61. The number of imidazole rings is 1. The fourth-order valence-corrected chi connectivity index (χ4v) is 4.68. The molecule has 0 unspecified atom stereocenters. The van der Waals surface area contributed by atoms with Crippen LogP contribution in [0.5, 0.6) is 0 Å². The standard InChI is InChI=1S/C14H12ClN3O4S/c1-5(19)9-7-2-6(10(14(21)22)18(7)12(9)20)8-3-17-4-16-11(15)13(17)23-8/h3-5,7,9,19H,2H2,1H3,(H,21,22)/t5-,7-,9-/m1/s1. The zero-order valence-electron chi connectivity index (χ0n) is 11.9. The van der Waals surface area contributed by atoms with Crippen LogP contribution in [0.25, 0.3) is 10.4 Å². The van der Waals surface area contributed by atoms with Crippen molar-refractivity contribution < 1.29 is 19.8 Å². The molecule has 0 spiro atoms. The van der Waals surface area contributed by atoms with Crippen LogP contribution in [-0.2, 0) is 9.59 Å². The minimum atomic E-state index is -1.14. The maximum Gasteiger partial charge on any atom is 0.352 e. The molecular weight excluding hydrogens is 342 g/mol. The molecule has 2 aromatic rings. The summed E-state index contributed by atoms with van der Waals surface area (Å²) >= 11 is 7.34. The highest BCUT2D eigenvalue weighted by Crippen LogP contribution is 2.48. The Morgan fingerprint density at radius 3 is 2.91 bits per heavy atom. The summed E-state index contributed by atoms with van der Waals surface area (Å²) in [5, 5.41) is 19.6. The maximum absolute atomic E-state index is 12.2. The van der Waals surface area contributed by atoms with E-state index in [-0.39, 0.29) is 17.6 Å². The average molecular weight is 354 g/mol. The number of aliphatic hydroxyl groups is 1. The number of hydrogen-bond acceptors (Lipinski definition) is 5. The molecule has 7 nitrogen and oxygen atoms in total. The molecule has 1 saturated heterocycles. The number of β-lactam (4-membered cyclic amide) rings is 1. The number of halogens is 1. The molecule has 2 aromatic heterocycles. The van der Waals surface area contributed by atoms with E-state index in [1.165, 1.54) is 16.2 Å². The SMILES string of the molecule is C[C@@H](O)[C@H]1C(=O)N2C(C(=O)O)=C(c3cn4cnc(Cl)c4s3)C[C@H]12. The molecule has 2 aliphatic heterocycles. The van der Waals surface area contributed by atoms with Crippen molar-refractivity contribution in [3.05, 3.63) is 28.3 Å². The van der Waals surface area contributed by atoms with Crippen LogP contribution in [0.2, 0.25) is 5.15 Å². The van der Waals surface area contributed by atoms with Crippen LogP contribution >= 0.6 is 22.9 Å². The Labute approximate surface area is 139 Å². The molecular formula is C14H12ClN3O4S. The first-order chi connectivity index (χ1) is 10.9. The second-order valence-electron chi connectivity index (χ2n) is 5.72. The predicted octanol–water partition coefficient (Wildman–Crippen LogP) is 1.46. The molecule has 4 rings (SSSR count). The van der Waals surface area contributed by atoms with Crippen LogP contribution in [0.15, 0.2) is 18.2 Å². The largest absolute Gasteiger partial charge is 0.477 e. The molecule has 4 heterocycles. The Balaban J connectivity index is 1.80. The van der Waals surface area contributed by atoms with E-state index in [2.05, 4.69) is 4.98 Å². The zero-order valence-corrected chi connectivity index (χ0v) is 13.5. The van der Waals surface area contributed by atoms with Crippen molar-refractivity contribution in [1.29, 1.82) is 0 Å². The number of hydrogen-bond donors (Lipinski definition) is 2. The third-order valence-electron chi connectivity index (χ3n) is 4.40. The van der Waals surface area contributed by atoms with Gasteiger partial charge in [0, 0.05) is 11.8 Å². The van der Waals surface area contributed by atoms with Gasteiger partial charge in [-0.05, 0) is 13.3 Å². The molecule has 2 N–H and O–H groups in total. The van der Waals surface area contributed by atoms with Crippen LogP contribution in [0.1, 0.15) is 18.2 Å². The fourth-order valence-electron chi connectivity index (χ4n) is 3.40. The van der Waals surface area contributed by atoms with Crippen LogP contribution in [-0.4, -0.2) is 48.5 Å². The van der Waals surface area contributed by atoms with Gasteiger partial charge in [0.05, 0.1) is 22.9 Å². The number of aromatic nitrogens is 2. The van der Waals surface area contributed by atoms with E-state index in [1.807, 2.05) is 0 Å². The number of aliphatic hydroxyl groups excluding tert-OH is 1. The van der Waals surface area contributed by atoms with Gasteiger partial charge in [-0.1, -0.05) is 11.6 Å². The molecule has 3 atom stereocenters. The van der Waals surface area contributed by atoms with Gasteiger partial charge in [0.2, 0.25) is 5.91 Å². The number of fused-ring (bicyclic) bond motifs is 2. The Morgan fingerprint density at radius 1 is 1.57 bits per heavy atom. The molecule has 0 radical (unpaired) electrons. The summed E-state index contributed by atoms with van der Waals surface area (Å²) in [7, 11) is 0. The quantitative estimate of drug-likeness (QED) is 0.814. The summed E-state index contributed by atoms with van der Waals surface area (Å²) in [5.41, 5.74) is 0.606. The van der Waals surface area contributed by atoms with Crippen molar-refractivity contribution in [3.63, 3.8) is 0 Å². The zero-order chi connectivity index (χ0) is 16.5. The molecule has 120 valence electrons. The minimum absolute atomic E-state index is 0.00508. The molecule has 0 aliphatic carbocycles. The van der Waals surface area contributed by atoms with Gasteiger partial charge >= 0.3 is 5.97 Å². The number of carboxylic acid groups (broad SMARTS) is 1. The Kier molecular flexibility index (Phi) is 3.06. The number of thiazole rings is 1. The van der Waals surface area contributed by atoms with Crippen LogP contribution in [0.3, 0.4) is 0 Å². The predicted molar refractivity (Wildman–Crippen MR) is 83.1 cm³/mol. The first-order valence-electron chi connectivity index (χ1n) is 7.00. The van der Waals surface area contributed by atoms with Crippen molar-refractivity contribution in [2.24, 2.45) is 5.92 Å². The highest BCUT2D eigenvalue weighted by Gasteiger charge is 2.56. The molecule has 0 saturated carbocycles. The fraction of sp³-hybridized carbons (Fsp3) is 0.357. The second-order valence-corrected chi connectivity index (χ2v) is 7.11.